The van der Waals surface area contributed by atoms with Crippen molar-refractivity contribution in [3.8, 4) is 0 Å². The second kappa shape index (κ2) is 11.8. The first kappa shape index (κ1) is 30.4. The molecule has 0 saturated carbocycles. The number of furan rings is 1. The normalized spacial score (nSPS) is 16.1. The Kier molecular flexibility index (Phi) is 8.73. The number of fused-ring (bicyclic) bond motifs is 3. The Labute approximate surface area is 237 Å². The van der Waals surface area contributed by atoms with E-state index >= 15 is 0 Å². The topological polar surface area (TPSA) is 81.0 Å². The Morgan fingerprint density at radius 2 is 1.78 bits per heavy atom. The monoisotopic (exact) mass is 574 g/mol. The minimum Gasteiger partial charge on any atom is -0.468 e. The lowest BCUT2D eigenvalue weighted by Crippen LogP contribution is -2.45. The minimum absolute atomic E-state index is 0.0211. The predicted molar refractivity (Wildman–Crippen MR) is 151 cm³/mol. The number of nitrogens with zero attached hydrogens (tertiary/aromatic N) is 1. The number of hydrogen-bond donors (Lipinski definition) is 1. The molecule has 0 saturated heterocycles. The van der Waals surface area contributed by atoms with Crippen molar-refractivity contribution in [3.05, 3.63) is 53.6 Å². The van der Waals surface area contributed by atoms with Crippen LogP contribution in [0.15, 0.2) is 46.9 Å². The fourth-order valence-electron chi connectivity index (χ4n) is 5.02. The van der Waals surface area contributed by atoms with Crippen LogP contribution < -0.4 is 5.32 Å². The van der Waals surface area contributed by atoms with Gasteiger partial charge < -0.3 is 18.8 Å². The van der Waals surface area contributed by atoms with Gasteiger partial charge in [-0.2, -0.15) is 13.2 Å². The van der Waals surface area contributed by atoms with Gasteiger partial charge in [0.25, 0.3) is 0 Å². The number of amides is 1. The molecule has 2 atom stereocenters. The molecule has 7 nitrogen and oxygen atoms in total. The van der Waals surface area contributed by atoms with Crippen LogP contribution in [-0.4, -0.2) is 55.0 Å². The highest BCUT2D eigenvalue weighted by molar-refractivity contribution is 6.06. The fraction of sp³-hybridized carbons (Fsp3) is 0.484. The summed E-state index contributed by atoms with van der Waals surface area (Å²) in [7, 11) is 1.16. The summed E-state index contributed by atoms with van der Waals surface area (Å²) in [6.07, 6.45) is -2.18. The molecule has 0 spiro atoms. The van der Waals surface area contributed by atoms with Crippen LogP contribution >= 0.6 is 0 Å². The molecule has 1 aromatic heterocycles. The third kappa shape index (κ3) is 7.22. The van der Waals surface area contributed by atoms with Gasteiger partial charge in [0, 0.05) is 23.9 Å². The first-order valence-corrected chi connectivity index (χ1v) is 13.7. The van der Waals surface area contributed by atoms with Gasteiger partial charge in [0.05, 0.1) is 7.11 Å². The SMILES string of the molecule is COC(=O)[C@H](CC(C)C)N[C@@H](c1ccc2c(c1)oc1ccc(C3=CCN(C(=O)OC(C)(C)C)CC3)cc12)C(F)(F)F. The van der Waals surface area contributed by atoms with E-state index in [9.17, 15) is 22.8 Å². The standard InChI is InChI=1S/C31H37F3N2O5/c1-18(2)15-24(28(37)39-6)35-27(31(32,33)34)21-7-9-22-23-16-20(8-10-25(23)40-26(22)17-21)19-11-13-36(14-12-19)29(38)41-30(3,4)5/h7-11,16-18,24,27,35H,12-15H2,1-6H3/t24-,27-/m0/s1. The maximum absolute atomic E-state index is 14.2. The van der Waals surface area contributed by atoms with E-state index in [2.05, 4.69) is 5.32 Å². The van der Waals surface area contributed by atoms with Crippen molar-refractivity contribution in [3.63, 3.8) is 0 Å². The Balaban J connectivity index is 1.61. The largest absolute Gasteiger partial charge is 0.468 e. The minimum atomic E-state index is -4.66. The summed E-state index contributed by atoms with van der Waals surface area (Å²) in [5.41, 5.74) is 2.27. The molecular weight excluding hydrogens is 537 g/mol. The van der Waals surface area contributed by atoms with Gasteiger partial charge in [-0.05, 0) is 74.4 Å². The van der Waals surface area contributed by atoms with E-state index in [0.29, 0.717) is 36.1 Å². The molecule has 0 fully saturated rings. The lowest BCUT2D eigenvalue weighted by atomic mass is 9.97. The number of halogens is 3. The molecule has 2 aromatic carbocycles. The Bertz CT molecular complexity index is 1450. The number of methoxy groups -OCH3 is 1. The molecule has 222 valence electrons. The van der Waals surface area contributed by atoms with Gasteiger partial charge in [0.1, 0.15) is 28.9 Å². The molecule has 0 aliphatic carbocycles. The maximum atomic E-state index is 14.2. The van der Waals surface area contributed by atoms with E-state index in [0.717, 1.165) is 23.6 Å². The molecule has 1 N–H and O–H groups in total. The van der Waals surface area contributed by atoms with Gasteiger partial charge in [-0.1, -0.05) is 38.1 Å². The van der Waals surface area contributed by atoms with Crippen molar-refractivity contribution in [1.29, 1.82) is 0 Å². The lowest BCUT2D eigenvalue weighted by Gasteiger charge is -2.29. The number of esters is 1. The summed E-state index contributed by atoms with van der Waals surface area (Å²) in [6.45, 7) is 10.1. The van der Waals surface area contributed by atoms with Crippen molar-refractivity contribution in [2.24, 2.45) is 5.92 Å². The average Bonchev–Trinajstić information content (AvgIpc) is 3.25. The summed E-state index contributed by atoms with van der Waals surface area (Å²) in [5, 5.41) is 3.95. The molecular formula is C31H37F3N2O5. The number of alkyl halides is 3. The van der Waals surface area contributed by atoms with Crippen LogP contribution in [-0.2, 0) is 14.3 Å². The highest BCUT2D eigenvalue weighted by Gasteiger charge is 2.43. The van der Waals surface area contributed by atoms with Crippen LogP contribution in [0.2, 0.25) is 0 Å². The summed E-state index contributed by atoms with van der Waals surface area (Å²) in [6, 6.07) is 6.89. The number of carbonyl (C=O) groups is 2. The summed E-state index contributed by atoms with van der Waals surface area (Å²) >= 11 is 0. The molecule has 0 bridgehead atoms. The van der Waals surface area contributed by atoms with E-state index in [1.165, 1.54) is 12.1 Å². The molecule has 0 unspecified atom stereocenters. The zero-order valence-corrected chi connectivity index (χ0v) is 24.2. The highest BCUT2D eigenvalue weighted by atomic mass is 19.4. The van der Waals surface area contributed by atoms with Crippen molar-refractivity contribution in [1.82, 2.24) is 10.2 Å². The molecule has 1 aliphatic rings. The van der Waals surface area contributed by atoms with E-state index in [1.54, 1.807) is 17.0 Å². The first-order valence-electron chi connectivity index (χ1n) is 13.7. The maximum Gasteiger partial charge on any atom is 0.410 e. The van der Waals surface area contributed by atoms with Gasteiger partial charge in [-0.3, -0.25) is 10.1 Å². The number of rotatable bonds is 7. The van der Waals surface area contributed by atoms with E-state index in [-0.39, 0.29) is 24.0 Å². The Morgan fingerprint density at radius 3 is 2.37 bits per heavy atom. The molecule has 1 aliphatic heterocycles. The van der Waals surface area contributed by atoms with Crippen LogP contribution in [0.3, 0.4) is 0 Å². The second-order valence-corrected chi connectivity index (χ2v) is 11.8. The summed E-state index contributed by atoms with van der Waals surface area (Å²) in [4.78, 5) is 26.3. The molecule has 3 aromatic rings. The van der Waals surface area contributed by atoms with Crippen molar-refractivity contribution in [2.75, 3.05) is 20.2 Å². The fourth-order valence-corrected chi connectivity index (χ4v) is 5.02. The van der Waals surface area contributed by atoms with Gasteiger partial charge >= 0.3 is 18.2 Å². The van der Waals surface area contributed by atoms with E-state index < -0.39 is 29.8 Å². The third-order valence-electron chi connectivity index (χ3n) is 6.95. The van der Waals surface area contributed by atoms with E-state index in [1.807, 2.05) is 52.8 Å². The third-order valence-corrected chi connectivity index (χ3v) is 6.95. The van der Waals surface area contributed by atoms with Gasteiger partial charge in [-0.15, -0.1) is 0 Å². The van der Waals surface area contributed by atoms with Gasteiger partial charge in [0.15, 0.2) is 0 Å². The molecule has 4 rings (SSSR count). The van der Waals surface area contributed by atoms with Crippen LogP contribution in [0, 0.1) is 5.92 Å². The van der Waals surface area contributed by atoms with Crippen LogP contribution in [0.25, 0.3) is 27.5 Å². The number of hydrogen-bond acceptors (Lipinski definition) is 6. The molecule has 10 heteroatoms. The van der Waals surface area contributed by atoms with Crippen molar-refractivity contribution in [2.45, 2.75) is 71.3 Å². The van der Waals surface area contributed by atoms with Gasteiger partial charge in [-0.25, -0.2) is 4.79 Å². The average molecular weight is 575 g/mol. The zero-order valence-electron chi connectivity index (χ0n) is 24.2. The molecule has 0 radical (unpaired) electrons. The van der Waals surface area contributed by atoms with Crippen LogP contribution in [0.1, 0.15) is 64.6 Å². The summed E-state index contributed by atoms with van der Waals surface area (Å²) in [5.74, 6) is -0.760. The number of nitrogens with one attached hydrogen (secondary N) is 1. The van der Waals surface area contributed by atoms with Gasteiger partial charge in [0.2, 0.25) is 0 Å². The lowest BCUT2D eigenvalue weighted by molar-refractivity contribution is -0.164. The second-order valence-electron chi connectivity index (χ2n) is 11.8. The zero-order chi connectivity index (χ0) is 30.1. The van der Waals surface area contributed by atoms with Crippen molar-refractivity contribution < 1.29 is 36.7 Å². The number of carbonyl (C=O) groups excluding carboxylic acids is 2. The molecule has 1 amide bonds. The first-order chi connectivity index (χ1) is 19.2. The smallest absolute Gasteiger partial charge is 0.410 e. The Hall–Kier alpha value is -3.53. The number of ether oxygens (including phenoxy) is 2. The molecule has 2 heterocycles. The molecule has 41 heavy (non-hydrogen) atoms. The summed E-state index contributed by atoms with van der Waals surface area (Å²) < 4.78 is 58.8. The quantitative estimate of drug-likeness (QED) is 0.297. The highest BCUT2D eigenvalue weighted by Crippen LogP contribution is 2.38. The van der Waals surface area contributed by atoms with Crippen molar-refractivity contribution >= 4 is 39.6 Å². The Morgan fingerprint density at radius 1 is 1.05 bits per heavy atom. The van der Waals surface area contributed by atoms with Crippen LogP contribution in [0.5, 0.6) is 0 Å². The van der Waals surface area contributed by atoms with E-state index in [4.69, 9.17) is 13.9 Å². The number of benzene rings is 2. The predicted octanol–water partition coefficient (Wildman–Crippen LogP) is 7.39. The van der Waals surface area contributed by atoms with Crippen LogP contribution in [0.4, 0.5) is 18.0 Å².